The van der Waals surface area contributed by atoms with Crippen LogP contribution in [0, 0.1) is 0 Å². The van der Waals surface area contributed by atoms with Crippen LogP contribution in [0.25, 0.3) is 22.6 Å². The van der Waals surface area contributed by atoms with Crippen LogP contribution in [0.2, 0.25) is 0 Å². The topological polar surface area (TPSA) is 126 Å². The summed E-state index contributed by atoms with van der Waals surface area (Å²) in [6, 6.07) is 0. The van der Waals surface area contributed by atoms with Gasteiger partial charge in [0.2, 0.25) is 0 Å². The molecule has 170 valence electrons. The van der Waals surface area contributed by atoms with Crippen molar-refractivity contribution in [2.45, 2.75) is 0 Å². The number of aryl methyl sites for hydroxylation is 1. The number of hydrogen-bond acceptors (Lipinski definition) is 9. The Hall–Kier alpha value is -3.09. The highest BCUT2D eigenvalue weighted by Crippen LogP contribution is 2.26. The summed E-state index contributed by atoms with van der Waals surface area (Å²) < 4.78 is 12.6. The van der Waals surface area contributed by atoms with Gasteiger partial charge in [0, 0.05) is 52.5 Å². The van der Waals surface area contributed by atoms with Gasteiger partial charge in [0.05, 0.1) is 38.2 Å². The predicted molar refractivity (Wildman–Crippen MR) is 117 cm³/mol. The minimum atomic E-state index is -0.257. The molecule has 3 aromatic heterocycles. The molecule has 12 heteroatoms. The second-order valence-corrected chi connectivity index (χ2v) is 7.87. The summed E-state index contributed by atoms with van der Waals surface area (Å²) in [5.74, 6) is 1.22. The van der Waals surface area contributed by atoms with Gasteiger partial charge in [-0.15, -0.1) is 0 Å². The van der Waals surface area contributed by atoms with Gasteiger partial charge in [-0.05, 0) is 0 Å². The number of amides is 1. The highest BCUT2D eigenvalue weighted by Gasteiger charge is 2.23. The fraction of sp³-hybridized carbons (Fsp3) is 0.550. The average molecular weight is 441 g/mol. The number of aromatic amines is 1. The van der Waals surface area contributed by atoms with Crippen molar-refractivity contribution < 1.29 is 14.3 Å². The van der Waals surface area contributed by atoms with E-state index in [2.05, 4.69) is 35.2 Å². The lowest BCUT2D eigenvalue weighted by Gasteiger charge is -2.28. The van der Waals surface area contributed by atoms with Crippen LogP contribution in [0.5, 0.6) is 0 Å². The Morgan fingerprint density at radius 2 is 1.84 bits per heavy atom. The van der Waals surface area contributed by atoms with E-state index in [4.69, 9.17) is 14.5 Å². The molecule has 12 nitrogen and oxygen atoms in total. The quantitative estimate of drug-likeness (QED) is 0.528. The van der Waals surface area contributed by atoms with E-state index in [-0.39, 0.29) is 11.7 Å². The van der Waals surface area contributed by atoms with Gasteiger partial charge in [-0.1, -0.05) is 0 Å². The number of morpholine rings is 2. The molecule has 2 aliphatic heterocycles. The second kappa shape index (κ2) is 9.18. The van der Waals surface area contributed by atoms with Gasteiger partial charge in [0.15, 0.2) is 23.1 Å². The maximum atomic E-state index is 12.8. The van der Waals surface area contributed by atoms with Crippen LogP contribution >= 0.6 is 0 Å². The second-order valence-electron chi connectivity index (χ2n) is 7.87. The maximum Gasteiger partial charge on any atom is 0.287 e. The van der Waals surface area contributed by atoms with E-state index in [1.165, 1.54) is 0 Å². The summed E-state index contributed by atoms with van der Waals surface area (Å²) in [6.45, 7) is 7.22. The molecule has 3 aromatic rings. The summed E-state index contributed by atoms with van der Waals surface area (Å²) in [5.41, 5.74) is 1.90. The molecule has 2 aliphatic rings. The largest absolute Gasteiger partial charge is 0.379 e. The van der Waals surface area contributed by atoms with Crippen molar-refractivity contribution in [3.63, 3.8) is 0 Å². The molecule has 0 bridgehead atoms. The number of nitrogens with zero attached hydrogens (tertiary/aromatic N) is 7. The number of H-pyrrole nitrogens is 1. The van der Waals surface area contributed by atoms with Crippen molar-refractivity contribution in [1.29, 1.82) is 0 Å². The van der Waals surface area contributed by atoms with Crippen LogP contribution in [0.3, 0.4) is 0 Å². The summed E-state index contributed by atoms with van der Waals surface area (Å²) in [5, 5.41) is 7.17. The third kappa shape index (κ3) is 4.42. The zero-order chi connectivity index (χ0) is 21.9. The molecular weight excluding hydrogens is 414 g/mol. The standard InChI is InChI=1S/C20H27N9O3/c1-27-13-14(12-22-27)16-24-17-15(19(26-16)29-6-10-32-11-7-29)23-18(25-17)20(30)21-2-3-28-4-8-31-9-5-28/h12-13H,2-11H2,1H3,(H,21,30)(H,23,24,25,26). The van der Waals surface area contributed by atoms with E-state index in [1.54, 1.807) is 10.9 Å². The predicted octanol–water partition coefficient (Wildman–Crippen LogP) is -0.348. The van der Waals surface area contributed by atoms with Gasteiger partial charge in [-0.3, -0.25) is 14.4 Å². The van der Waals surface area contributed by atoms with Gasteiger partial charge in [-0.25, -0.2) is 15.0 Å². The monoisotopic (exact) mass is 441 g/mol. The van der Waals surface area contributed by atoms with Crippen molar-refractivity contribution in [3.8, 4) is 11.4 Å². The first kappa shape index (κ1) is 20.8. The van der Waals surface area contributed by atoms with Crippen LogP contribution in [0.4, 0.5) is 5.82 Å². The minimum Gasteiger partial charge on any atom is -0.379 e. The molecule has 2 N–H and O–H groups in total. The maximum absolute atomic E-state index is 12.8. The van der Waals surface area contributed by atoms with Crippen molar-refractivity contribution >= 4 is 22.9 Å². The summed E-state index contributed by atoms with van der Waals surface area (Å²) in [6.07, 6.45) is 3.58. The van der Waals surface area contributed by atoms with E-state index in [0.717, 1.165) is 44.2 Å². The summed E-state index contributed by atoms with van der Waals surface area (Å²) >= 11 is 0. The number of nitrogens with one attached hydrogen (secondary N) is 2. The Balaban J connectivity index is 1.40. The lowest BCUT2D eigenvalue weighted by Crippen LogP contribution is -2.41. The lowest BCUT2D eigenvalue weighted by atomic mass is 10.3. The first-order chi connectivity index (χ1) is 15.7. The zero-order valence-corrected chi connectivity index (χ0v) is 18.1. The van der Waals surface area contributed by atoms with Crippen LogP contribution < -0.4 is 10.2 Å². The molecule has 0 spiro atoms. The van der Waals surface area contributed by atoms with Crippen LogP contribution in [-0.4, -0.2) is 106 Å². The molecule has 5 heterocycles. The van der Waals surface area contributed by atoms with Gasteiger partial charge < -0.3 is 24.7 Å². The minimum absolute atomic E-state index is 0.231. The van der Waals surface area contributed by atoms with Crippen LogP contribution in [0.15, 0.2) is 12.4 Å². The third-order valence-corrected chi connectivity index (χ3v) is 5.64. The molecule has 0 aliphatic carbocycles. The molecule has 32 heavy (non-hydrogen) atoms. The number of anilines is 1. The Bertz CT molecular complexity index is 1080. The number of ether oxygens (including phenoxy) is 2. The fourth-order valence-corrected chi connectivity index (χ4v) is 3.90. The Morgan fingerprint density at radius 3 is 2.56 bits per heavy atom. The number of aromatic nitrogens is 6. The SMILES string of the molecule is Cn1cc(-c2nc(N3CCOCC3)c3[nH]c(C(=O)NCCN4CCOCC4)nc3n2)cn1. The fourth-order valence-electron chi connectivity index (χ4n) is 3.90. The van der Waals surface area contributed by atoms with Crippen molar-refractivity contribution in [2.24, 2.45) is 7.05 Å². The van der Waals surface area contributed by atoms with Crippen LogP contribution in [-0.2, 0) is 16.5 Å². The lowest BCUT2D eigenvalue weighted by molar-refractivity contribution is 0.0383. The van der Waals surface area contributed by atoms with Gasteiger partial charge >= 0.3 is 0 Å². The number of fused-ring (bicyclic) bond motifs is 1. The van der Waals surface area contributed by atoms with Gasteiger partial charge in [-0.2, -0.15) is 5.10 Å². The van der Waals surface area contributed by atoms with Crippen LogP contribution in [0.1, 0.15) is 10.6 Å². The first-order valence-corrected chi connectivity index (χ1v) is 10.8. The number of carbonyl (C=O) groups is 1. The van der Waals surface area contributed by atoms with E-state index < -0.39 is 0 Å². The third-order valence-electron chi connectivity index (χ3n) is 5.64. The molecule has 2 fully saturated rings. The molecule has 0 radical (unpaired) electrons. The normalized spacial score (nSPS) is 17.7. The van der Waals surface area contributed by atoms with E-state index >= 15 is 0 Å². The summed E-state index contributed by atoms with van der Waals surface area (Å²) in [7, 11) is 1.85. The number of rotatable bonds is 6. The Labute approximate surface area is 184 Å². The van der Waals surface area contributed by atoms with Crippen molar-refractivity contribution in [1.82, 2.24) is 39.9 Å². The molecule has 0 atom stereocenters. The highest BCUT2D eigenvalue weighted by atomic mass is 16.5. The number of hydrogen-bond donors (Lipinski definition) is 2. The number of carbonyl (C=O) groups excluding carboxylic acids is 1. The van der Waals surface area contributed by atoms with Gasteiger partial charge in [0.25, 0.3) is 5.91 Å². The van der Waals surface area contributed by atoms with E-state index in [1.807, 2.05) is 13.2 Å². The average Bonchev–Trinajstić information content (AvgIpc) is 3.46. The zero-order valence-electron chi connectivity index (χ0n) is 18.1. The highest BCUT2D eigenvalue weighted by molar-refractivity contribution is 5.96. The Kier molecular flexibility index (Phi) is 5.97. The van der Waals surface area contributed by atoms with E-state index in [0.29, 0.717) is 49.8 Å². The smallest absolute Gasteiger partial charge is 0.287 e. The molecular formula is C20H27N9O3. The van der Waals surface area contributed by atoms with Gasteiger partial charge in [0.1, 0.15) is 5.52 Å². The first-order valence-electron chi connectivity index (χ1n) is 10.8. The van der Waals surface area contributed by atoms with E-state index in [9.17, 15) is 4.79 Å². The molecule has 5 rings (SSSR count). The van der Waals surface area contributed by atoms with Crippen molar-refractivity contribution in [3.05, 3.63) is 18.2 Å². The molecule has 0 saturated carbocycles. The molecule has 1 amide bonds. The molecule has 0 unspecified atom stereocenters. The molecule has 0 aromatic carbocycles. The summed E-state index contributed by atoms with van der Waals surface area (Å²) in [4.78, 5) is 34.2. The van der Waals surface area contributed by atoms with Crippen molar-refractivity contribution in [2.75, 3.05) is 70.6 Å². The molecule has 2 saturated heterocycles. The Morgan fingerprint density at radius 1 is 1.09 bits per heavy atom. The number of imidazole rings is 1.